The molecular weight excluding hydrogens is 300 g/mol. The summed E-state index contributed by atoms with van der Waals surface area (Å²) in [7, 11) is -3.45. The maximum Gasteiger partial charge on any atom is 0.260 e. The molecule has 0 radical (unpaired) electrons. The van der Waals surface area contributed by atoms with Gasteiger partial charge in [0.2, 0.25) is 0 Å². The molecule has 22 heavy (non-hydrogen) atoms. The molecule has 0 bridgehead atoms. The number of piperazine rings is 1. The number of aromatic amines is 1. The van der Waals surface area contributed by atoms with Crippen LogP contribution in [0.15, 0.2) is 35.7 Å². The van der Waals surface area contributed by atoms with Crippen LogP contribution in [-0.2, 0) is 10.0 Å². The fourth-order valence-corrected chi connectivity index (χ4v) is 4.07. The van der Waals surface area contributed by atoms with Crippen LogP contribution in [0.1, 0.15) is 11.1 Å². The van der Waals surface area contributed by atoms with Crippen LogP contribution in [0.5, 0.6) is 0 Å². The van der Waals surface area contributed by atoms with Gasteiger partial charge in [-0.3, -0.25) is 0 Å². The maximum absolute atomic E-state index is 12.4. The third kappa shape index (κ3) is 2.74. The average molecular weight is 320 g/mol. The molecule has 0 spiro atoms. The molecule has 2 aromatic rings. The smallest absolute Gasteiger partial charge is 0.260 e. The number of H-pyrrole nitrogens is 1. The van der Waals surface area contributed by atoms with Crippen molar-refractivity contribution in [2.24, 2.45) is 0 Å². The molecular formula is C15H20N4O2S. The third-order valence-corrected chi connectivity index (χ3v) is 5.86. The fourth-order valence-electron chi connectivity index (χ4n) is 2.75. The number of nitrogens with zero attached hydrogens (tertiary/aromatic N) is 3. The lowest BCUT2D eigenvalue weighted by atomic mass is 10.1. The molecule has 0 saturated carbocycles. The summed E-state index contributed by atoms with van der Waals surface area (Å²) in [5, 5.41) is 0.160. The largest absolute Gasteiger partial charge is 0.369 e. The van der Waals surface area contributed by atoms with Crippen molar-refractivity contribution in [3.05, 3.63) is 41.9 Å². The summed E-state index contributed by atoms with van der Waals surface area (Å²) in [5.74, 6) is 0. The minimum Gasteiger partial charge on any atom is -0.369 e. The molecule has 2 heterocycles. The Morgan fingerprint density at radius 2 is 1.86 bits per heavy atom. The summed E-state index contributed by atoms with van der Waals surface area (Å²) < 4.78 is 26.4. The van der Waals surface area contributed by atoms with E-state index in [-0.39, 0.29) is 5.03 Å². The minimum absolute atomic E-state index is 0.160. The number of rotatable bonds is 3. The number of hydrogen-bond acceptors (Lipinski definition) is 4. The molecule has 1 N–H and O–H groups in total. The van der Waals surface area contributed by atoms with Gasteiger partial charge in [-0.15, -0.1) is 0 Å². The van der Waals surface area contributed by atoms with Gasteiger partial charge in [0.25, 0.3) is 10.0 Å². The predicted octanol–water partition coefficient (Wildman–Crippen LogP) is 1.54. The molecule has 118 valence electrons. The Balaban J connectivity index is 1.74. The second-order valence-corrected chi connectivity index (χ2v) is 7.50. The summed E-state index contributed by atoms with van der Waals surface area (Å²) in [6.45, 7) is 6.50. The number of hydrogen-bond donors (Lipinski definition) is 1. The highest BCUT2D eigenvalue weighted by molar-refractivity contribution is 7.89. The Bertz CT molecular complexity index is 748. The Morgan fingerprint density at radius 1 is 1.14 bits per heavy atom. The van der Waals surface area contributed by atoms with E-state index in [0.717, 1.165) is 0 Å². The highest BCUT2D eigenvalue weighted by Crippen LogP contribution is 2.24. The second kappa shape index (κ2) is 5.73. The van der Waals surface area contributed by atoms with E-state index < -0.39 is 10.0 Å². The van der Waals surface area contributed by atoms with E-state index in [1.807, 2.05) is 0 Å². The topological polar surface area (TPSA) is 69.3 Å². The third-order valence-electron chi connectivity index (χ3n) is 4.03. The van der Waals surface area contributed by atoms with Gasteiger partial charge in [0.05, 0.1) is 12.5 Å². The SMILES string of the molecule is Cc1ccc(C)c(N2CCN(S(=O)(=O)c3cnc[nH]3)CC2)c1. The quantitative estimate of drug-likeness (QED) is 0.931. The number of anilines is 1. The molecule has 1 aromatic carbocycles. The van der Waals surface area contributed by atoms with Crippen LogP contribution >= 0.6 is 0 Å². The van der Waals surface area contributed by atoms with E-state index in [0.29, 0.717) is 26.2 Å². The van der Waals surface area contributed by atoms with Crippen molar-refractivity contribution in [1.82, 2.24) is 14.3 Å². The summed E-state index contributed by atoms with van der Waals surface area (Å²) in [5.41, 5.74) is 3.63. The lowest BCUT2D eigenvalue weighted by Gasteiger charge is -2.36. The van der Waals surface area contributed by atoms with Crippen LogP contribution in [0.25, 0.3) is 0 Å². The summed E-state index contributed by atoms with van der Waals surface area (Å²) in [6.07, 6.45) is 2.74. The summed E-state index contributed by atoms with van der Waals surface area (Å²) >= 11 is 0. The van der Waals surface area contributed by atoms with Gasteiger partial charge in [0.1, 0.15) is 0 Å². The Hall–Kier alpha value is -1.86. The first kappa shape index (κ1) is 15.1. The van der Waals surface area contributed by atoms with Crippen molar-refractivity contribution in [1.29, 1.82) is 0 Å². The number of aromatic nitrogens is 2. The van der Waals surface area contributed by atoms with Gasteiger partial charge in [-0.1, -0.05) is 12.1 Å². The average Bonchev–Trinajstić information content (AvgIpc) is 3.05. The van der Waals surface area contributed by atoms with Crippen LogP contribution in [0.4, 0.5) is 5.69 Å². The lowest BCUT2D eigenvalue weighted by Crippen LogP contribution is -2.48. The number of nitrogens with one attached hydrogen (secondary N) is 1. The van der Waals surface area contributed by atoms with Gasteiger partial charge in [-0.05, 0) is 31.0 Å². The monoisotopic (exact) mass is 320 g/mol. The zero-order valence-corrected chi connectivity index (χ0v) is 13.6. The number of imidazole rings is 1. The number of sulfonamides is 1. The van der Waals surface area contributed by atoms with Crippen molar-refractivity contribution in [3.8, 4) is 0 Å². The van der Waals surface area contributed by atoms with E-state index in [1.165, 1.54) is 33.6 Å². The highest BCUT2D eigenvalue weighted by Gasteiger charge is 2.29. The summed E-state index contributed by atoms with van der Waals surface area (Å²) in [6, 6.07) is 6.37. The van der Waals surface area contributed by atoms with Crippen molar-refractivity contribution in [2.45, 2.75) is 18.9 Å². The second-order valence-electron chi connectivity index (χ2n) is 5.60. The van der Waals surface area contributed by atoms with Crippen LogP contribution in [0.3, 0.4) is 0 Å². The van der Waals surface area contributed by atoms with Crippen LogP contribution in [0.2, 0.25) is 0 Å². The molecule has 1 aromatic heterocycles. The first-order valence-corrected chi connectivity index (χ1v) is 8.73. The highest BCUT2D eigenvalue weighted by atomic mass is 32.2. The van der Waals surface area contributed by atoms with Gasteiger partial charge < -0.3 is 9.88 Å². The molecule has 0 unspecified atom stereocenters. The van der Waals surface area contributed by atoms with Gasteiger partial charge >= 0.3 is 0 Å². The summed E-state index contributed by atoms with van der Waals surface area (Å²) in [4.78, 5) is 8.73. The molecule has 7 heteroatoms. The molecule has 0 aliphatic carbocycles. The molecule has 0 amide bonds. The number of benzene rings is 1. The first-order chi connectivity index (χ1) is 10.5. The lowest BCUT2D eigenvalue weighted by molar-refractivity contribution is 0.383. The van der Waals surface area contributed by atoms with Crippen LogP contribution < -0.4 is 4.90 Å². The van der Waals surface area contributed by atoms with E-state index in [2.05, 4.69) is 46.9 Å². The molecule has 1 aliphatic rings. The van der Waals surface area contributed by atoms with Gasteiger partial charge in [0.15, 0.2) is 5.03 Å². The first-order valence-electron chi connectivity index (χ1n) is 7.29. The molecule has 6 nitrogen and oxygen atoms in total. The Morgan fingerprint density at radius 3 is 2.50 bits per heavy atom. The van der Waals surface area contributed by atoms with E-state index in [1.54, 1.807) is 0 Å². The zero-order valence-electron chi connectivity index (χ0n) is 12.8. The molecule has 3 rings (SSSR count). The minimum atomic E-state index is -3.45. The standard InChI is InChI=1S/C15H20N4O2S/c1-12-3-4-13(2)14(9-12)18-5-7-19(8-6-18)22(20,21)15-10-16-11-17-15/h3-4,9-11H,5-8H2,1-2H3,(H,16,17). The van der Waals surface area contributed by atoms with E-state index >= 15 is 0 Å². The van der Waals surface area contributed by atoms with Gasteiger partial charge in [-0.2, -0.15) is 4.31 Å². The molecule has 1 saturated heterocycles. The zero-order chi connectivity index (χ0) is 15.7. The maximum atomic E-state index is 12.4. The molecule has 1 fully saturated rings. The fraction of sp³-hybridized carbons (Fsp3) is 0.400. The van der Waals surface area contributed by atoms with Crippen molar-refractivity contribution in [3.63, 3.8) is 0 Å². The molecule has 1 aliphatic heterocycles. The van der Waals surface area contributed by atoms with Crippen molar-refractivity contribution in [2.75, 3.05) is 31.1 Å². The van der Waals surface area contributed by atoms with Crippen molar-refractivity contribution >= 4 is 15.7 Å². The Kier molecular flexibility index (Phi) is 3.92. The number of aryl methyl sites for hydroxylation is 2. The Labute approximate surface area is 130 Å². The van der Waals surface area contributed by atoms with Crippen LogP contribution in [-0.4, -0.2) is 48.9 Å². The normalized spacial score (nSPS) is 16.9. The van der Waals surface area contributed by atoms with E-state index in [9.17, 15) is 8.42 Å². The molecule has 0 atom stereocenters. The predicted molar refractivity (Wildman–Crippen MR) is 85.5 cm³/mol. The van der Waals surface area contributed by atoms with Gasteiger partial charge in [-0.25, -0.2) is 13.4 Å². The van der Waals surface area contributed by atoms with E-state index in [4.69, 9.17) is 0 Å². The van der Waals surface area contributed by atoms with Gasteiger partial charge in [0, 0.05) is 31.9 Å². The van der Waals surface area contributed by atoms with Crippen molar-refractivity contribution < 1.29 is 8.42 Å². The van der Waals surface area contributed by atoms with Crippen LogP contribution in [0, 0.1) is 13.8 Å².